The van der Waals surface area contributed by atoms with Gasteiger partial charge in [0.05, 0.1) is 7.11 Å². The summed E-state index contributed by atoms with van der Waals surface area (Å²) in [7, 11) is 1.43. The predicted molar refractivity (Wildman–Crippen MR) is 70.1 cm³/mol. The minimum Gasteiger partial charge on any atom is -0.453 e. The molecule has 0 saturated heterocycles. The number of ether oxygens (including phenoxy) is 1. The molecular formula is C14H20N2O2. The van der Waals surface area contributed by atoms with Crippen molar-refractivity contribution in [3.8, 4) is 0 Å². The second-order valence-corrected chi connectivity index (χ2v) is 4.67. The maximum atomic E-state index is 11.8. The van der Waals surface area contributed by atoms with Gasteiger partial charge in [0.25, 0.3) is 0 Å². The lowest BCUT2D eigenvalue weighted by molar-refractivity contribution is 0.0950. The lowest BCUT2D eigenvalue weighted by Crippen LogP contribution is -2.43. The molecule has 18 heavy (non-hydrogen) atoms. The number of nitrogens with zero attached hydrogens (tertiary/aromatic N) is 1. The predicted octanol–water partition coefficient (Wildman–Crippen LogP) is 2.05. The maximum absolute atomic E-state index is 11.8. The van der Waals surface area contributed by atoms with Gasteiger partial charge in [-0.25, -0.2) is 4.79 Å². The zero-order chi connectivity index (χ0) is 13.1. The van der Waals surface area contributed by atoms with Crippen LogP contribution in [0.3, 0.4) is 0 Å². The number of amides is 1. The van der Waals surface area contributed by atoms with E-state index in [9.17, 15) is 4.79 Å². The van der Waals surface area contributed by atoms with Crippen LogP contribution in [0.2, 0.25) is 0 Å². The van der Waals surface area contributed by atoms with Crippen LogP contribution in [0, 0.1) is 0 Å². The van der Waals surface area contributed by atoms with Gasteiger partial charge < -0.3 is 15.4 Å². The fourth-order valence-corrected chi connectivity index (χ4v) is 2.52. The quantitative estimate of drug-likeness (QED) is 0.871. The molecule has 98 valence electrons. The summed E-state index contributed by atoms with van der Waals surface area (Å²) in [5.41, 5.74) is 9.32. The Bertz CT molecular complexity index is 445. The molecule has 0 radical (unpaired) electrons. The normalized spacial score (nSPS) is 18.4. The number of carbonyl (C=O) groups excluding carboxylic acids is 1. The van der Waals surface area contributed by atoms with Crippen molar-refractivity contribution in [1.29, 1.82) is 0 Å². The van der Waals surface area contributed by atoms with Gasteiger partial charge in [0.1, 0.15) is 0 Å². The number of carbonyl (C=O) groups is 1. The zero-order valence-electron chi connectivity index (χ0n) is 11.0. The molecule has 1 aromatic carbocycles. The van der Waals surface area contributed by atoms with Gasteiger partial charge in [-0.15, -0.1) is 0 Å². The van der Waals surface area contributed by atoms with Crippen LogP contribution in [-0.2, 0) is 24.2 Å². The van der Waals surface area contributed by atoms with Gasteiger partial charge in [0.15, 0.2) is 0 Å². The average Bonchev–Trinajstić information content (AvgIpc) is 2.44. The van der Waals surface area contributed by atoms with Crippen LogP contribution in [0.25, 0.3) is 0 Å². The van der Waals surface area contributed by atoms with Gasteiger partial charge in [-0.05, 0) is 29.5 Å². The van der Waals surface area contributed by atoms with E-state index in [1.54, 1.807) is 0 Å². The van der Waals surface area contributed by atoms with Gasteiger partial charge in [0.2, 0.25) is 0 Å². The number of benzene rings is 1. The van der Waals surface area contributed by atoms with Crippen LogP contribution < -0.4 is 5.73 Å². The Morgan fingerprint density at radius 1 is 1.50 bits per heavy atom. The van der Waals surface area contributed by atoms with E-state index >= 15 is 0 Å². The molecule has 1 unspecified atom stereocenters. The summed E-state index contributed by atoms with van der Waals surface area (Å²) < 4.78 is 4.85. The van der Waals surface area contributed by atoms with Gasteiger partial charge in [-0.1, -0.05) is 25.1 Å². The van der Waals surface area contributed by atoms with Gasteiger partial charge in [0, 0.05) is 19.1 Å². The number of hydrogen-bond donors (Lipinski definition) is 1. The van der Waals surface area contributed by atoms with Gasteiger partial charge in [-0.3, -0.25) is 0 Å². The Morgan fingerprint density at radius 2 is 2.28 bits per heavy atom. The standard InChI is InChI=1S/C14H20N2O2/c1-3-13-7-12-6-10(8-15)4-5-11(12)9-16(13)14(17)18-2/h4-6,13H,3,7-9,15H2,1-2H3. The summed E-state index contributed by atoms with van der Waals surface area (Å²) in [5.74, 6) is 0. The molecule has 1 aromatic rings. The molecule has 0 fully saturated rings. The van der Waals surface area contributed by atoms with Crippen molar-refractivity contribution in [2.45, 2.75) is 38.9 Å². The Morgan fingerprint density at radius 3 is 2.89 bits per heavy atom. The Balaban J connectivity index is 2.29. The topological polar surface area (TPSA) is 55.6 Å². The largest absolute Gasteiger partial charge is 0.453 e. The van der Waals surface area contributed by atoms with E-state index in [-0.39, 0.29) is 12.1 Å². The van der Waals surface area contributed by atoms with Crippen LogP contribution in [0.4, 0.5) is 4.79 Å². The molecule has 2 N–H and O–H groups in total. The molecule has 1 aliphatic rings. The molecule has 2 rings (SSSR count). The number of rotatable bonds is 2. The number of hydrogen-bond acceptors (Lipinski definition) is 3. The Labute approximate surface area is 108 Å². The first kappa shape index (κ1) is 12.9. The fourth-order valence-electron chi connectivity index (χ4n) is 2.52. The molecule has 0 bridgehead atoms. The van der Waals surface area contributed by atoms with Crippen molar-refractivity contribution in [3.63, 3.8) is 0 Å². The molecule has 0 aromatic heterocycles. The van der Waals surface area contributed by atoms with E-state index in [1.165, 1.54) is 18.2 Å². The minimum atomic E-state index is -0.240. The molecule has 0 aliphatic carbocycles. The summed E-state index contributed by atoms with van der Waals surface area (Å²) in [5, 5.41) is 0. The first-order chi connectivity index (χ1) is 8.69. The smallest absolute Gasteiger partial charge is 0.410 e. The second kappa shape index (κ2) is 5.40. The monoisotopic (exact) mass is 248 g/mol. The average molecular weight is 248 g/mol. The third-order valence-electron chi connectivity index (χ3n) is 3.62. The lowest BCUT2D eigenvalue weighted by atomic mass is 9.91. The molecule has 4 nitrogen and oxygen atoms in total. The summed E-state index contributed by atoms with van der Waals surface area (Å²) in [4.78, 5) is 13.6. The number of methoxy groups -OCH3 is 1. The maximum Gasteiger partial charge on any atom is 0.410 e. The van der Waals surface area contributed by atoms with E-state index in [1.807, 2.05) is 11.0 Å². The summed E-state index contributed by atoms with van der Waals surface area (Å²) in [6.45, 7) is 3.29. The Hall–Kier alpha value is -1.55. The third-order valence-corrected chi connectivity index (χ3v) is 3.62. The van der Waals surface area contributed by atoms with E-state index in [0.717, 1.165) is 18.4 Å². The van der Waals surface area contributed by atoms with Crippen molar-refractivity contribution in [2.75, 3.05) is 7.11 Å². The second-order valence-electron chi connectivity index (χ2n) is 4.67. The van der Waals surface area contributed by atoms with Crippen LogP contribution in [0.5, 0.6) is 0 Å². The first-order valence-electron chi connectivity index (χ1n) is 6.35. The summed E-state index contributed by atoms with van der Waals surface area (Å²) >= 11 is 0. The highest BCUT2D eigenvalue weighted by atomic mass is 16.5. The highest BCUT2D eigenvalue weighted by molar-refractivity contribution is 5.68. The Kier molecular flexibility index (Phi) is 3.87. The lowest BCUT2D eigenvalue weighted by Gasteiger charge is -2.35. The number of nitrogens with two attached hydrogens (primary N) is 1. The van der Waals surface area contributed by atoms with Gasteiger partial charge >= 0.3 is 6.09 Å². The molecule has 4 heteroatoms. The van der Waals surface area contributed by atoms with Crippen LogP contribution in [0.15, 0.2) is 18.2 Å². The van der Waals surface area contributed by atoms with E-state index in [4.69, 9.17) is 10.5 Å². The van der Waals surface area contributed by atoms with Crippen molar-refractivity contribution in [3.05, 3.63) is 34.9 Å². The highest BCUT2D eigenvalue weighted by Crippen LogP contribution is 2.26. The summed E-state index contributed by atoms with van der Waals surface area (Å²) in [6.07, 6.45) is 1.58. The van der Waals surface area contributed by atoms with Crippen molar-refractivity contribution < 1.29 is 9.53 Å². The molecule has 0 spiro atoms. The molecule has 1 heterocycles. The summed E-state index contributed by atoms with van der Waals surface area (Å²) in [6, 6.07) is 6.48. The molecule has 1 amide bonds. The molecule has 0 saturated carbocycles. The molecule has 1 atom stereocenters. The van der Waals surface area contributed by atoms with Crippen LogP contribution in [-0.4, -0.2) is 24.1 Å². The first-order valence-corrected chi connectivity index (χ1v) is 6.35. The minimum absolute atomic E-state index is 0.220. The van der Waals surface area contributed by atoms with Gasteiger partial charge in [-0.2, -0.15) is 0 Å². The number of fused-ring (bicyclic) bond motifs is 1. The van der Waals surface area contributed by atoms with Crippen molar-refractivity contribution in [1.82, 2.24) is 4.90 Å². The van der Waals surface area contributed by atoms with E-state index < -0.39 is 0 Å². The van der Waals surface area contributed by atoms with E-state index in [0.29, 0.717) is 13.1 Å². The highest BCUT2D eigenvalue weighted by Gasteiger charge is 2.29. The molecular weight excluding hydrogens is 228 g/mol. The molecule has 1 aliphatic heterocycles. The SMILES string of the molecule is CCC1Cc2cc(CN)ccc2CN1C(=O)OC. The van der Waals surface area contributed by atoms with Crippen molar-refractivity contribution in [2.24, 2.45) is 5.73 Å². The van der Waals surface area contributed by atoms with Crippen LogP contribution in [0.1, 0.15) is 30.0 Å². The fraction of sp³-hybridized carbons (Fsp3) is 0.500. The van der Waals surface area contributed by atoms with Crippen LogP contribution >= 0.6 is 0 Å². The van der Waals surface area contributed by atoms with E-state index in [2.05, 4.69) is 19.1 Å². The van der Waals surface area contributed by atoms with Crippen molar-refractivity contribution >= 4 is 6.09 Å². The third kappa shape index (κ3) is 2.34. The zero-order valence-corrected chi connectivity index (χ0v) is 11.0.